The first-order valence-corrected chi connectivity index (χ1v) is 8.01. The molecule has 3 nitrogen and oxygen atoms in total. The molecule has 4 unspecified atom stereocenters. The Balaban J connectivity index is 1.92. The highest BCUT2D eigenvalue weighted by atomic mass is 16.2. The van der Waals surface area contributed by atoms with Gasteiger partial charge in [-0.05, 0) is 51.4 Å². The van der Waals surface area contributed by atoms with E-state index in [0.29, 0.717) is 24.5 Å². The van der Waals surface area contributed by atoms with Crippen molar-refractivity contribution in [2.75, 3.05) is 19.6 Å². The molecule has 0 aromatic heterocycles. The molecule has 0 radical (unpaired) electrons. The molecule has 2 heterocycles. The maximum Gasteiger partial charge on any atom is 0.237 e. The molecule has 110 valence electrons. The lowest BCUT2D eigenvalue weighted by Crippen LogP contribution is -2.52. The number of piperidine rings is 2. The Morgan fingerprint density at radius 1 is 1.00 bits per heavy atom. The molecule has 0 aliphatic carbocycles. The molecule has 0 bridgehead atoms. The average Bonchev–Trinajstić information content (AvgIpc) is 2.26. The first kappa shape index (κ1) is 14.8. The number of amides is 1. The van der Waals surface area contributed by atoms with Crippen LogP contribution in [0.25, 0.3) is 0 Å². The average molecular weight is 266 g/mol. The fraction of sp³-hybridized carbons (Fsp3) is 0.938. The molecule has 2 aliphatic heterocycles. The lowest BCUT2D eigenvalue weighted by molar-refractivity contribution is -0.139. The van der Waals surface area contributed by atoms with Gasteiger partial charge in [0.1, 0.15) is 0 Å². The predicted molar refractivity (Wildman–Crippen MR) is 79.0 cm³/mol. The van der Waals surface area contributed by atoms with Crippen molar-refractivity contribution < 1.29 is 4.79 Å². The van der Waals surface area contributed by atoms with Gasteiger partial charge < -0.3 is 4.90 Å². The fourth-order valence-corrected chi connectivity index (χ4v) is 4.11. The normalized spacial score (nSPS) is 37.4. The first-order chi connectivity index (χ1) is 8.97. The van der Waals surface area contributed by atoms with Crippen LogP contribution in [-0.2, 0) is 4.79 Å². The van der Waals surface area contributed by atoms with Crippen LogP contribution >= 0.6 is 0 Å². The van der Waals surface area contributed by atoms with Crippen LogP contribution in [0.4, 0.5) is 0 Å². The molecule has 1 amide bonds. The molecule has 3 heteroatoms. The van der Waals surface area contributed by atoms with Gasteiger partial charge in [0.25, 0.3) is 0 Å². The Morgan fingerprint density at radius 3 is 2.05 bits per heavy atom. The second-order valence-electron chi connectivity index (χ2n) is 7.07. The van der Waals surface area contributed by atoms with Crippen LogP contribution < -0.4 is 0 Å². The summed E-state index contributed by atoms with van der Waals surface area (Å²) in [5, 5.41) is 0. The molecular formula is C16H30N2O. The SMILES string of the molecule is CC1CC(C)CN(CC(=O)N2C(C)CCCC2C)C1. The molecule has 0 N–H and O–H groups in total. The summed E-state index contributed by atoms with van der Waals surface area (Å²) in [5.41, 5.74) is 0. The van der Waals surface area contributed by atoms with Crippen LogP contribution in [0.2, 0.25) is 0 Å². The zero-order valence-electron chi connectivity index (χ0n) is 13.1. The molecule has 0 aromatic rings. The van der Waals surface area contributed by atoms with Crippen molar-refractivity contribution in [1.82, 2.24) is 9.80 Å². The smallest absolute Gasteiger partial charge is 0.237 e. The first-order valence-electron chi connectivity index (χ1n) is 8.01. The highest BCUT2D eigenvalue weighted by Gasteiger charge is 2.31. The maximum absolute atomic E-state index is 12.6. The second kappa shape index (κ2) is 6.25. The number of carbonyl (C=O) groups is 1. The topological polar surface area (TPSA) is 23.6 Å². The Morgan fingerprint density at radius 2 is 1.53 bits per heavy atom. The van der Waals surface area contributed by atoms with E-state index in [-0.39, 0.29) is 0 Å². The lowest BCUT2D eigenvalue weighted by atomic mass is 9.92. The summed E-state index contributed by atoms with van der Waals surface area (Å²) in [6, 6.07) is 0.853. The second-order valence-corrected chi connectivity index (χ2v) is 7.07. The predicted octanol–water partition coefficient (Wildman–Crippen LogP) is 2.75. The zero-order valence-corrected chi connectivity index (χ0v) is 13.1. The minimum Gasteiger partial charge on any atom is -0.336 e. The summed E-state index contributed by atoms with van der Waals surface area (Å²) in [5.74, 6) is 1.81. The van der Waals surface area contributed by atoms with Gasteiger partial charge in [-0.1, -0.05) is 13.8 Å². The van der Waals surface area contributed by atoms with E-state index in [9.17, 15) is 4.79 Å². The van der Waals surface area contributed by atoms with Gasteiger partial charge in [-0.25, -0.2) is 0 Å². The zero-order chi connectivity index (χ0) is 14.0. The number of carbonyl (C=O) groups excluding carboxylic acids is 1. The van der Waals surface area contributed by atoms with Crippen molar-refractivity contribution in [3.63, 3.8) is 0 Å². The van der Waals surface area contributed by atoms with Gasteiger partial charge in [0, 0.05) is 25.2 Å². The van der Waals surface area contributed by atoms with E-state index in [0.717, 1.165) is 24.9 Å². The van der Waals surface area contributed by atoms with Crippen molar-refractivity contribution in [2.24, 2.45) is 11.8 Å². The van der Waals surface area contributed by atoms with E-state index >= 15 is 0 Å². The Labute approximate surface area is 118 Å². The standard InChI is InChI=1S/C16H30N2O/c1-12-8-13(2)10-17(9-12)11-16(19)18-14(3)6-5-7-15(18)4/h12-15H,5-11H2,1-4H3. The summed E-state index contributed by atoms with van der Waals surface area (Å²) in [4.78, 5) is 17.1. The number of hydrogen-bond acceptors (Lipinski definition) is 2. The van der Waals surface area contributed by atoms with Gasteiger partial charge in [-0.3, -0.25) is 9.69 Å². The number of likely N-dealkylation sites (tertiary alicyclic amines) is 2. The molecule has 2 rings (SSSR count). The monoisotopic (exact) mass is 266 g/mol. The van der Waals surface area contributed by atoms with Crippen LogP contribution in [-0.4, -0.2) is 47.4 Å². The fourth-order valence-electron chi connectivity index (χ4n) is 4.11. The molecule has 2 saturated heterocycles. The van der Waals surface area contributed by atoms with Gasteiger partial charge in [-0.2, -0.15) is 0 Å². The Bertz CT molecular complexity index is 298. The number of nitrogens with zero attached hydrogens (tertiary/aromatic N) is 2. The molecule has 19 heavy (non-hydrogen) atoms. The third-order valence-corrected chi connectivity index (χ3v) is 4.78. The summed E-state index contributed by atoms with van der Waals surface area (Å²) in [7, 11) is 0. The largest absolute Gasteiger partial charge is 0.336 e. The Kier molecular flexibility index (Phi) is 4.88. The van der Waals surface area contributed by atoms with Gasteiger partial charge in [-0.15, -0.1) is 0 Å². The maximum atomic E-state index is 12.6. The van der Waals surface area contributed by atoms with Crippen LogP contribution in [0.1, 0.15) is 53.4 Å². The molecular weight excluding hydrogens is 236 g/mol. The van der Waals surface area contributed by atoms with E-state index in [1.165, 1.54) is 25.7 Å². The summed E-state index contributed by atoms with van der Waals surface area (Å²) >= 11 is 0. The molecule has 2 fully saturated rings. The summed E-state index contributed by atoms with van der Waals surface area (Å²) in [6.07, 6.45) is 4.91. The minimum absolute atomic E-state index is 0.348. The van der Waals surface area contributed by atoms with Crippen molar-refractivity contribution >= 4 is 5.91 Å². The lowest BCUT2D eigenvalue weighted by Gasteiger charge is -2.41. The van der Waals surface area contributed by atoms with Gasteiger partial charge in [0.15, 0.2) is 0 Å². The van der Waals surface area contributed by atoms with Crippen molar-refractivity contribution in [3.05, 3.63) is 0 Å². The van der Waals surface area contributed by atoms with Crippen molar-refractivity contribution in [1.29, 1.82) is 0 Å². The van der Waals surface area contributed by atoms with E-state index < -0.39 is 0 Å². The minimum atomic E-state index is 0.348. The molecule has 0 saturated carbocycles. The van der Waals surface area contributed by atoms with Crippen LogP contribution in [0.15, 0.2) is 0 Å². The summed E-state index contributed by atoms with van der Waals surface area (Å²) < 4.78 is 0. The molecule has 4 atom stereocenters. The van der Waals surface area contributed by atoms with E-state index in [4.69, 9.17) is 0 Å². The number of rotatable bonds is 2. The van der Waals surface area contributed by atoms with Gasteiger partial charge in [0.05, 0.1) is 6.54 Å². The highest BCUT2D eigenvalue weighted by Crippen LogP contribution is 2.24. The van der Waals surface area contributed by atoms with Crippen LogP contribution in [0.5, 0.6) is 0 Å². The van der Waals surface area contributed by atoms with Gasteiger partial charge in [0.2, 0.25) is 5.91 Å². The molecule has 0 spiro atoms. The Hall–Kier alpha value is -0.570. The van der Waals surface area contributed by atoms with E-state index in [1.54, 1.807) is 0 Å². The third-order valence-electron chi connectivity index (χ3n) is 4.78. The van der Waals surface area contributed by atoms with Crippen molar-refractivity contribution in [2.45, 2.75) is 65.5 Å². The van der Waals surface area contributed by atoms with Crippen LogP contribution in [0.3, 0.4) is 0 Å². The van der Waals surface area contributed by atoms with E-state index in [2.05, 4.69) is 37.5 Å². The van der Waals surface area contributed by atoms with Crippen LogP contribution in [0, 0.1) is 11.8 Å². The third kappa shape index (κ3) is 3.71. The van der Waals surface area contributed by atoms with Gasteiger partial charge >= 0.3 is 0 Å². The quantitative estimate of drug-likeness (QED) is 0.767. The molecule has 2 aliphatic rings. The van der Waals surface area contributed by atoms with E-state index in [1.807, 2.05) is 0 Å². The van der Waals surface area contributed by atoms with Crippen molar-refractivity contribution in [3.8, 4) is 0 Å². The summed E-state index contributed by atoms with van der Waals surface area (Å²) in [6.45, 7) is 11.8. The number of hydrogen-bond donors (Lipinski definition) is 0. The molecule has 0 aromatic carbocycles. The highest BCUT2D eigenvalue weighted by molar-refractivity contribution is 5.79.